The summed E-state index contributed by atoms with van der Waals surface area (Å²) in [5, 5.41) is 4.01. The van der Waals surface area contributed by atoms with Crippen LogP contribution >= 0.6 is 0 Å². The van der Waals surface area contributed by atoms with Crippen LogP contribution in [0.2, 0.25) is 0 Å². The van der Waals surface area contributed by atoms with Gasteiger partial charge in [-0.05, 0) is 67.0 Å². The highest BCUT2D eigenvalue weighted by molar-refractivity contribution is 5.83. The van der Waals surface area contributed by atoms with E-state index in [1.54, 1.807) is 0 Å². The first-order chi connectivity index (χ1) is 13.0. The van der Waals surface area contributed by atoms with Crippen molar-refractivity contribution in [3.05, 3.63) is 81.1 Å². The molecule has 0 fully saturated rings. The fourth-order valence-electron chi connectivity index (χ4n) is 3.41. The van der Waals surface area contributed by atoms with Crippen molar-refractivity contribution in [2.75, 3.05) is 6.54 Å². The highest BCUT2D eigenvalue weighted by Crippen LogP contribution is 2.19. The fourth-order valence-corrected chi connectivity index (χ4v) is 3.41. The molecule has 0 saturated heterocycles. The summed E-state index contributed by atoms with van der Waals surface area (Å²) in [6.07, 6.45) is 1.25. The van der Waals surface area contributed by atoms with Crippen LogP contribution in [0.1, 0.15) is 41.5 Å². The van der Waals surface area contributed by atoms with Gasteiger partial charge in [-0.1, -0.05) is 37.3 Å². The molecular weight excluding hydrogens is 336 g/mol. The molecule has 2 N–H and O–H groups in total. The minimum atomic E-state index is -0.160. The van der Waals surface area contributed by atoms with E-state index >= 15 is 0 Å². The third kappa shape index (κ3) is 4.27. The van der Waals surface area contributed by atoms with E-state index < -0.39 is 0 Å². The molecule has 1 amide bonds. The van der Waals surface area contributed by atoms with Gasteiger partial charge in [-0.2, -0.15) is 0 Å². The lowest BCUT2D eigenvalue weighted by Gasteiger charge is -2.15. The highest BCUT2D eigenvalue weighted by atomic mass is 16.2. The molecule has 0 unspecified atom stereocenters. The molecule has 0 aliphatic heterocycles. The second-order valence-corrected chi connectivity index (χ2v) is 7.06. The topological polar surface area (TPSA) is 62.0 Å². The van der Waals surface area contributed by atoms with E-state index in [0.29, 0.717) is 18.5 Å². The third-order valence-corrected chi connectivity index (χ3v) is 5.16. The van der Waals surface area contributed by atoms with Crippen LogP contribution in [-0.4, -0.2) is 17.4 Å². The maximum Gasteiger partial charge on any atom is 0.251 e. The minimum absolute atomic E-state index is 0.00684. The van der Waals surface area contributed by atoms with Crippen LogP contribution in [0.3, 0.4) is 0 Å². The molecule has 0 radical (unpaired) electrons. The van der Waals surface area contributed by atoms with Crippen molar-refractivity contribution >= 4 is 16.8 Å². The van der Waals surface area contributed by atoms with Gasteiger partial charge in [0.2, 0.25) is 5.91 Å². The largest absolute Gasteiger partial charge is 0.355 e. The van der Waals surface area contributed by atoms with Gasteiger partial charge in [0.25, 0.3) is 5.56 Å². The first-order valence-corrected chi connectivity index (χ1v) is 9.45. The Morgan fingerprint density at radius 2 is 1.78 bits per heavy atom. The molecule has 27 heavy (non-hydrogen) atoms. The van der Waals surface area contributed by atoms with E-state index in [0.717, 1.165) is 28.5 Å². The van der Waals surface area contributed by atoms with Crippen LogP contribution in [0.5, 0.6) is 0 Å². The van der Waals surface area contributed by atoms with Gasteiger partial charge in [0.15, 0.2) is 0 Å². The number of amides is 1. The normalized spacial score (nSPS) is 12.1. The van der Waals surface area contributed by atoms with Crippen LogP contribution in [0.15, 0.2) is 53.3 Å². The monoisotopic (exact) mass is 362 g/mol. The standard InChI is InChI=1S/C23H26N2O2/c1-4-20(17-8-6-5-7-9-17)23(27)24-11-10-18-14-19-12-15(2)16(3)13-21(19)25-22(18)26/h5-9,12-14,20H,4,10-11H2,1-3H3,(H,24,27)(H,25,26)/t20-/m0/s1. The summed E-state index contributed by atoms with van der Waals surface area (Å²) in [5.74, 6) is -0.154. The van der Waals surface area contributed by atoms with E-state index in [1.165, 1.54) is 5.56 Å². The molecule has 3 rings (SSSR count). The lowest BCUT2D eigenvalue weighted by atomic mass is 9.95. The van der Waals surface area contributed by atoms with Crippen molar-refractivity contribution < 1.29 is 4.79 Å². The van der Waals surface area contributed by atoms with Gasteiger partial charge in [-0.25, -0.2) is 0 Å². The number of carbonyl (C=O) groups is 1. The molecule has 0 bridgehead atoms. The summed E-state index contributed by atoms with van der Waals surface area (Å²) in [5.41, 5.74) is 4.83. The van der Waals surface area contributed by atoms with Gasteiger partial charge in [-0.15, -0.1) is 0 Å². The Balaban J connectivity index is 1.69. The second kappa shape index (κ2) is 8.21. The first-order valence-electron chi connectivity index (χ1n) is 9.45. The predicted molar refractivity (Wildman–Crippen MR) is 110 cm³/mol. The van der Waals surface area contributed by atoms with Crippen LogP contribution in [-0.2, 0) is 11.2 Å². The molecule has 1 heterocycles. The molecule has 0 aliphatic rings. The minimum Gasteiger partial charge on any atom is -0.355 e. The van der Waals surface area contributed by atoms with E-state index in [4.69, 9.17) is 0 Å². The van der Waals surface area contributed by atoms with Crippen molar-refractivity contribution in [1.29, 1.82) is 0 Å². The van der Waals surface area contributed by atoms with Crippen LogP contribution in [0.25, 0.3) is 10.9 Å². The van der Waals surface area contributed by atoms with Crippen molar-refractivity contribution in [3.63, 3.8) is 0 Å². The van der Waals surface area contributed by atoms with Crippen molar-refractivity contribution in [1.82, 2.24) is 10.3 Å². The van der Waals surface area contributed by atoms with Gasteiger partial charge in [0.05, 0.1) is 5.92 Å². The summed E-state index contributed by atoms with van der Waals surface area (Å²) in [7, 11) is 0. The van der Waals surface area contributed by atoms with Gasteiger partial charge < -0.3 is 10.3 Å². The van der Waals surface area contributed by atoms with E-state index in [2.05, 4.69) is 23.3 Å². The predicted octanol–water partition coefficient (Wildman–Crippen LogP) is 4.00. The Morgan fingerprint density at radius 1 is 1.07 bits per heavy atom. The quantitative estimate of drug-likeness (QED) is 0.696. The second-order valence-electron chi connectivity index (χ2n) is 7.06. The summed E-state index contributed by atoms with van der Waals surface area (Å²) in [4.78, 5) is 27.9. The SMILES string of the molecule is CC[C@H](C(=O)NCCc1cc2cc(C)c(C)cc2[nH]c1=O)c1ccccc1. The van der Waals surface area contributed by atoms with Gasteiger partial charge in [0, 0.05) is 17.6 Å². The highest BCUT2D eigenvalue weighted by Gasteiger charge is 2.17. The number of nitrogens with one attached hydrogen (secondary N) is 2. The summed E-state index contributed by atoms with van der Waals surface area (Å²) in [6, 6.07) is 15.8. The Morgan fingerprint density at radius 3 is 2.48 bits per heavy atom. The average Bonchev–Trinajstić information content (AvgIpc) is 2.65. The zero-order chi connectivity index (χ0) is 19.4. The Labute approximate surface area is 159 Å². The van der Waals surface area contributed by atoms with Gasteiger partial charge in [0.1, 0.15) is 0 Å². The molecule has 140 valence electrons. The molecule has 3 aromatic rings. The van der Waals surface area contributed by atoms with Crippen molar-refractivity contribution in [3.8, 4) is 0 Å². The zero-order valence-electron chi connectivity index (χ0n) is 16.1. The van der Waals surface area contributed by atoms with Crippen molar-refractivity contribution in [2.45, 2.75) is 39.5 Å². The number of hydrogen-bond donors (Lipinski definition) is 2. The first kappa shape index (κ1) is 18.9. The van der Waals surface area contributed by atoms with Crippen LogP contribution in [0.4, 0.5) is 0 Å². The summed E-state index contributed by atoms with van der Waals surface area (Å²) in [6.45, 7) is 6.55. The smallest absolute Gasteiger partial charge is 0.251 e. The number of aryl methyl sites for hydroxylation is 2. The van der Waals surface area contributed by atoms with Crippen LogP contribution in [0, 0.1) is 13.8 Å². The van der Waals surface area contributed by atoms with Gasteiger partial charge in [-0.3, -0.25) is 9.59 Å². The number of pyridine rings is 1. The molecule has 1 atom stereocenters. The molecule has 1 aromatic heterocycles. The Bertz CT molecular complexity index is 1010. The van der Waals surface area contributed by atoms with E-state index in [9.17, 15) is 9.59 Å². The summed E-state index contributed by atoms with van der Waals surface area (Å²) < 4.78 is 0. The van der Waals surface area contributed by atoms with E-state index in [1.807, 2.05) is 56.3 Å². The number of hydrogen-bond acceptors (Lipinski definition) is 2. The maximum atomic E-state index is 12.5. The van der Waals surface area contributed by atoms with Crippen molar-refractivity contribution in [2.24, 2.45) is 0 Å². The number of aromatic amines is 1. The zero-order valence-corrected chi connectivity index (χ0v) is 16.1. The molecule has 4 heteroatoms. The fraction of sp³-hybridized carbons (Fsp3) is 0.304. The number of aromatic nitrogens is 1. The molecular formula is C23H26N2O2. The Hall–Kier alpha value is -2.88. The third-order valence-electron chi connectivity index (χ3n) is 5.16. The summed E-state index contributed by atoms with van der Waals surface area (Å²) >= 11 is 0. The maximum absolute atomic E-state index is 12.5. The average molecular weight is 362 g/mol. The number of rotatable bonds is 6. The molecule has 0 saturated carbocycles. The number of benzene rings is 2. The number of H-pyrrole nitrogens is 1. The lowest BCUT2D eigenvalue weighted by molar-refractivity contribution is -0.122. The van der Waals surface area contributed by atoms with E-state index in [-0.39, 0.29) is 17.4 Å². The lowest BCUT2D eigenvalue weighted by Crippen LogP contribution is -2.31. The molecule has 0 spiro atoms. The van der Waals surface area contributed by atoms with Gasteiger partial charge >= 0.3 is 0 Å². The molecule has 4 nitrogen and oxygen atoms in total. The number of fused-ring (bicyclic) bond motifs is 1. The molecule has 2 aromatic carbocycles. The Kier molecular flexibility index (Phi) is 5.75. The van der Waals surface area contributed by atoms with Crippen LogP contribution < -0.4 is 10.9 Å². The number of carbonyl (C=O) groups excluding carboxylic acids is 1. The molecule has 0 aliphatic carbocycles.